The molecule has 0 saturated carbocycles. The van der Waals surface area contributed by atoms with Gasteiger partial charge >= 0.3 is 0 Å². The van der Waals surface area contributed by atoms with Crippen molar-refractivity contribution in [3.05, 3.63) is 42.4 Å². The Labute approximate surface area is 135 Å². The van der Waals surface area contributed by atoms with Gasteiger partial charge < -0.3 is 9.88 Å². The Kier molecular flexibility index (Phi) is 4.21. The normalized spacial score (nSPS) is 17.8. The van der Waals surface area contributed by atoms with Crippen molar-refractivity contribution in [1.82, 2.24) is 14.9 Å². The number of hydrogen-bond donors (Lipinski definition) is 1. The van der Waals surface area contributed by atoms with Crippen LogP contribution in [0.5, 0.6) is 0 Å². The van der Waals surface area contributed by atoms with E-state index >= 15 is 0 Å². The number of imidazole rings is 1. The lowest BCUT2D eigenvalue weighted by Gasteiger charge is -2.22. The van der Waals surface area contributed by atoms with Gasteiger partial charge in [-0.3, -0.25) is 4.79 Å². The van der Waals surface area contributed by atoms with Crippen LogP contribution in [0, 0.1) is 0 Å². The van der Waals surface area contributed by atoms with Crippen molar-refractivity contribution in [2.24, 2.45) is 7.05 Å². The number of nitrogens with zero attached hydrogens (tertiary/aromatic N) is 2. The third-order valence-corrected chi connectivity index (χ3v) is 5.75. The van der Waals surface area contributed by atoms with E-state index in [0.717, 1.165) is 11.3 Å². The minimum Gasteiger partial charge on any atom is -0.347 e. The van der Waals surface area contributed by atoms with Crippen LogP contribution in [0.25, 0.3) is 11.3 Å². The van der Waals surface area contributed by atoms with E-state index in [4.69, 9.17) is 0 Å². The molecule has 1 amide bonds. The predicted octanol–water partition coefficient (Wildman–Crippen LogP) is 1.39. The lowest BCUT2D eigenvalue weighted by Crippen LogP contribution is -2.41. The van der Waals surface area contributed by atoms with Crippen molar-refractivity contribution in [2.45, 2.75) is 18.9 Å². The molecule has 0 aliphatic carbocycles. The van der Waals surface area contributed by atoms with Gasteiger partial charge in [0.1, 0.15) is 9.84 Å². The third kappa shape index (κ3) is 3.61. The lowest BCUT2D eigenvalue weighted by atomic mass is 10.1. The molecule has 2 heterocycles. The van der Waals surface area contributed by atoms with Gasteiger partial charge in [-0.05, 0) is 12.8 Å². The molecule has 1 N–H and O–H groups in total. The monoisotopic (exact) mass is 333 g/mol. The van der Waals surface area contributed by atoms with E-state index in [1.165, 1.54) is 0 Å². The first-order valence-electron chi connectivity index (χ1n) is 7.55. The SMILES string of the molecule is Cn1cc(-c2ccccc2)nc1C(=O)NC1CCS(=O)(=O)CC1. The Morgan fingerprint density at radius 1 is 1.22 bits per heavy atom. The van der Waals surface area contributed by atoms with Gasteiger partial charge in [-0.25, -0.2) is 13.4 Å². The summed E-state index contributed by atoms with van der Waals surface area (Å²) in [5.74, 6) is 0.331. The number of carbonyl (C=O) groups excluding carboxylic acids is 1. The zero-order chi connectivity index (χ0) is 16.4. The van der Waals surface area contributed by atoms with Crippen molar-refractivity contribution in [3.8, 4) is 11.3 Å². The molecular formula is C16H19N3O3S. The van der Waals surface area contributed by atoms with E-state index in [1.807, 2.05) is 36.5 Å². The van der Waals surface area contributed by atoms with Crippen molar-refractivity contribution in [3.63, 3.8) is 0 Å². The molecule has 3 rings (SSSR count). The molecule has 7 heteroatoms. The quantitative estimate of drug-likeness (QED) is 0.920. The molecule has 1 aliphatic rings. The number of amides is 1. The summed E-state index contributed by atoms with van der Waals surface area (Å²) < 4.78 is 24.6. The number of benzene rings is 1. The second-order valence-corrected chi connectivity index (χ2v) is 8.13. The fourth-order valence-electron chi connectivity index (χ4n) is 2.71. The average Bonchev–Trinajstić information content (AvgIpc) is 2.92. The van der Waals surface area contributed by atoms with E-state index in [0.29, 0.717) is 18.7 Å². The summed E-state index contributed by atoms with van der Waals surface area (Å²) in [4.78, 5) is 16.8. The summed E-state index contributed by atoms with van der Waals surface area (Å²) in [5, 5.41) is 2.89. The first-order chi connectivity index (χ1) is 10.9. The molecule has 0 spiro atoms. The molecular weight excluding hydrogens is 314 g/mol. The van der Waals surface area contributed by atoms with Gasteiger partial charge in [0.15, 0.2) is 5.82 Å². The van der Waals surface area contributed by atoms with Crippen LogP contribution in [0.2, 0.25) is 0 Å². The van der Waals surface area contributed by atoms with Gasteiger partial charge in [0.25, 0.3) is 5.91 Å². The fraction of sp³-hybridized carbons (Fsp3) is 0.375. The molecule has 0 unspecified atom stereocenters. The van der Waals surface area contributed by atoms with Gasteiger partial charge in [0, 0.05) is 24.8 Å². The molecule has 0 radical (unpaired) electrons. The number of aryl methyl sites for hydroxylation is 1. The first-order valence-corrected chi connectivity index (χ1v) is 9.37. The Balaban J connectivity index is 1.72. The standard InChI is InChI=1S/C16H19N3O3S/c1-19-11-14(12-5-3-2-4-6-12)18-15(19)16(20)17-13-7-9-23(21,22)10-8-13/h2-6,11,13H,7-10H2,1H3,(H,17,20). The van der Waals surface area contributed by atoms with Crippen molar-refractivity contribution >= 4 is 15.7 Å². The van der Waals surface area contributed by atoms with Crippen molar-refractivity contribution in [2.75, 3.05) is 11.5 Å². The van der Waals surface area contributed by atoms with E-state index < -0.39 is 9.84 Å². The molecule has 1 saturated heterocycles. The zero-order valence-electron chi connectivity index (χ0n) is 12.9. The Morgan fingerprint density at radius 2 is 1.87 bits per heavy atom. The number of nitrogens with one attached hydrogen (secondary N) is 1. The minimum atomic E-state index is -2.93. The van der Waals surface area contributed by atoms with Crippen LogP contribution in [0.15, 0.2) is 36.5 Å². The van der Waals surface area contributed by atoms with Crippen LogP contribution in [0.4, 0.5) is 0 Å². The molecule has 0 bridgehead atoms. The molecule has 1 fully saturated rings. The highest BCUT2D eigenvalue weighted by atomic mass is 32.2. The maximum Gasteiger partial charge on any atom is 0.287 e. The smallest absolute Gasteiger partial charge is 0.287 e. The maximum absolute atomic E-state index is 12.4. The number of carbonyl (C=O) groups is 1. The number of sulfone groups is 1. The predicted molar refractivity (Wildman–Crippen MR) is 87.8 cm³/mol. The Hall–Kier alpha value is -2.15. The van der Waals surface area contributed by atoms with E-state index in [-0.39, 0.29) is 23.5 Å². The van der Waals surface area contributed by atoms with E-state index in [9.17, 15) is 13.2 Å². The van der Waals surface area contributed by atoms with Crippen LogP contribution in [0.3, 0.4) is 0 Å². The molecule has 6 nitrogen and oxygen atoms in total. The highest BCUT2D eigenvalue weighted by Crippen LogP contribution is 2.18. The van der Waals surface area contributed by atoms with Crippen LogP contribution >= 0.6 is 0 Å². The highest BCUT2D eigenvalue weighted by Gasteiger charge is 2.26. The number of rotatable bonds is 3. The molecule has 1 aromatic carbocycles. The van der Waals surface area contributed by atoms with Crippen LogP contribution in [0.1, 0.15) is 23.5 Å². The van der Waals surface area contributed by atoms with Crippen LogP contribution in [-0.2, 0) is 16.9 Å². The average molecular weight is 333 g/mol. The second kappa shape index (κ2) is 6.16. The zero-order valence-corrected chi connectivity index (χ0v) is 13.7. The molecule has 2 aromatic rings. The highest BCUT2D eigenvalue weighted by molar-refractivity contribution is 7.91. The Bertz CT molecular complexity index is 798. The first kappa shape index (κ1) is 15.7. The second-order valence-electron chi connectivity index (χ2n) is 5.83. The Morgan fingerprint density at radius 3 is 2.52 bits per heavy atom. The van der Waals surface area contributed by atoms with Crippen molar-refractivity contribution < 1.29 is 13.2 Å². The summed E-state index contributed by atoms with van der Waals surface area (Å²) in [6, 6.07) is 9.55. The fourth-order valence-corrected chi connectivity index (χ4v) is 4.20. The largest absolute Gasteiger partial charge is 0.347 e. The number of aromatic nitrogens is 2. The van der Waals surface area contributed by atoms with E-state index in [1.54, 1.807) is 11.6 Å². The summed E-state index contributed by atoms with van der Waals surface area (Å²) >= 11 is 0. The maximum atomic E-state index is 12.4. The molecule has 0 atom stereocenters. The van der Waals surface area contributed by atoms with Crippen molar-refractivity contribution in [1.29, 1.82) is 0 Å². The third-order valence-electron chi connectivity index (χ3n) is 4.04. The van der Waals surface area contributed by atoms with Gasteiger partial charge in [0.05, 0.1) is 17.2 Å². The number of hydrogen-bond acceptors (Lipinski definition) is 4. The van der Waals surface area contributed by atoms with Gasteiger partial charge in [-0.15, -0.1) is 0 Å². The summed E-state index contributed by atoms with van der Waals surface area (Å²) in [7, 11) is -1.15. The summed E-state index contributed by atoms with van der Waals surface area (Å²) in [6.07, 6.45) is 2.74. The van der Waals surface area contributed by atoms with Gasteiger partial charge in [-0.1, -0.05) is 30.3 Å². The van der Waals surface area contributed by atoms with E-state index in [2.05, 4.69) is 10.3 Å². The topological polar surface area (TPSA) is 81.1 Å². The van der Waals surface area contributed by atoms with Gasteiger partial charge in [0.2, 0.25) is 0 Å². The molecule has 23 heavy (non-hydrogen) atoms. The lowest BCUT2D eigenvalue weighted by molar-refractivity contribution is 0.0920. The van der Waals surface area contributed by atoms with Gasteiger partial charge in [-0.2, -0.15) is 0 Å². The molecule has 1 aliphatic heterocycles. The summed E-state index contributed by atoms with van der Waals surface area (Å²) in [5.41, 5.74) is 1.69. The molecule has 1 aromatic heterocycles. The van der Waals surface area contributed by atoms with Crippen LogP contribution in [-0.4, -0.2) is 41.4 Å². The molecule has 122 valence electrons. The minimum absolute atomic E-state index is 0.108. The van der Waals surface area contributed by atoms with Crippen LogP contribution < -0.4 is 5.32 Å². The summed E-state index contributed by atoms with van der Waals surface area (Å²) in [6.45, 7) is 0.